The van der Waals surface area contributed by atoms with Gasteiger partial charge < -0.3 is 5.32 Å². The highest BCUT2D eigenvalue weighted by Crippen LogP contribution is 2.23. The van der Waals surface area contributed by atoms with Crippen molar-refractivity contribution < 1.29 is 4.79 Å². The fourth-order valence-electron chi connectivity index (χ4n) is 2.76. The lowest BCUT2D eigenvalue weighted by molar-refractivity contribution is 0.0946. The van der Waals surface area contributed by atoms with Gasteiger partial charge in [-0.05, 0) is 40.8 Å². The number of carbonyl (C=O) groups excluding carboxylic acids is 1. The van der Waals surface area contributed by atoms with Gasteiger partial charge in [0.15, 0.2) is 5.69 Å². The zero-order valence-electron chi connectivity index (χ0n) is 13.7. The summed E-state index contributed by atoms with van der Waals surface area (Å²) in [5.74, 6) is -0.257. The van der Waals surface area contributed by atoms with Gasteiger partial charge in [-0.25, -0.2) is 4.52 Å². The molecule has 126 valence electrons. The molecule has 1 amide bonds. The fraction of sp³-hybridized carbons (Fsp3) is 0.0500. The van der Waals surface area contributed by atoms with Crippen LogP contribution in [0.5, 0.6) is 0 Å². The minimum atomic E-state index is -0.257. The predicted molar refractivity (Wildman–Crippen MR) is 101 cm³/mol. The van der Waals surface area contributed by atoms with E-state index >= 15 is 0 Å². The van der Waals surface area contributed by atoms with Gasteiger partial charge >= 0.3 is 0 Å². The smallest absolute Gasteiger partial charge is 0.272 e. The number of hydrogen-bond acceptors (Lipinski definition) is 4. The molecule has 0 fully saturated rings. The minimum absolute atomic E-state index is 0.257. The number of rotatable bonds is 4. The quantitative estimate of drug-likeness (QED) is 0.602. The van der Waals surface area contributed by atoms with Gasteiger partial charge in [0, 0.05) is 4.88 Å². The lowest BCUT2D eigenvalue weighted by Crippen LogP contribution is -2.22. The van der Waals surface area contributed by atoms with E-state index in [-0.39, 0.29) is 5.91 Å². The third kappa shape index (κ3) is 3.08. The molecule has 26 heavy (non-hydrogen) atoms. The van der Waals surface area contributed by atoms with Crippen molar-refractivity contribution >= 4 is 22.8 Å². The maximum atomic E-state index is 12.4. The highest BCUT2D eigenvalue weighted by Gasteiger charge is 2.14. The van der Waals surface area contributed by atoms with E-state index in [0.717, 1.165) is 16.0 Å². The summed E-state index contributed by atoms with van der Waals surface area (Å²) in [4.78, 5) is 13.5. The van der Waals surface area contributed by atoms with Crippen molar-refractivity contribution in [1.29, 1.82) is 5.26 Å². The van der Waals surface area contributed by atoms with Crippen LogP contribution in [0.2, 0.25) is 0 Å². The highest BCUT2D eigenvalue weighted by atomic mass is 32.1. The van der Waals surface area contributed by atoms with E-state index < -0.39 is 0 Å². The Hall–Kier alpha value is -3.43. The number of nitrogens with zero attached hydrogens (tertiary/aromatic N) is 3. The van der Waals surface area contributed by atoms with Gasteiger partial charge in [-0.2, -0.15) is 10.4 Å². The van der Waals surface area contributed by atoms with Gasteiger partial charge in [0.1, 0.15) is 11.8 Å². The summed E-state index contributed by atoms with van der Waals surface area (Å²) in [7, 11) is 0. The van der Waals surface area contributed by atoms with Gasteiger partial charge in [0.05, 0.1) is 12.1 Å². The number of hydrogen-bond donors (Lipinski definition) is 1. The molecule has 1 aromatic carbocycles. The van der Waals surface area contributed by atoms with Crippen molar-refractivity contribution in [1.82, 2.24) is 14.9 Å². The first kappa shape index (κ1) is 16.1. The van der Waals surface area contributed by atoms with Crippen molar-refractivity contribution in [3.63, 3.8) is 0 Å². The molecule has 5 nitrogen and oxygen atoms in total. The van der Waals surface area contributed by atoms with Gasteiger partial charge in [-0.1, -0.05) is 36.4 Å². The molecular weight excluding hydrogens is 344 g/mol. The van der Waals surface area contributed by atoms with Crippen molar-refractivity contribution in [2.45, 2.75) is 6.54 Å². The number of pyridine rings is 1. The molecule has 0 unspecified atom stereocenters. The van der Waals surface area contributed by atoms with Crippen LogP contribution in [0, 0.1) is 11.3 Å². The second-order valence-corrected chi connectivity index (χ2v) is 6.77. The van der Waals surface area contributed by atoms with Gasteiger partial charge in [0.25, 0.3) is 5.91 Å². The Morgan fingerprint density at radius 3 is 2.69 bits per heavy atom. The molecule has 3 aromatic heterocycles. The zero-order chi connectivity index (χ0) is 17.9. The van der Waals surface area contributed by atoms with Crippen LogP contribution in [0.4, 0.5) is 0 Å². The van der Waals surface area contributed by atoms with Crippen molar-refractivity contribution in [2.24, 2.45) is 0 Å². The van der Waals surface area contributed by atoms with E-state index in [2.05, 4.69) is 16.5 Å². The molecule has 0 bridgehead atoms. The van der Waals surface area contributed by atoms with Gasteiger partial charge in [-0.15, -0.1) is 11.3 Å². The average Bonchev–Trinajstić information content (AvgIpc) is 3.35. The maximum absolute atomic E-state index is 12.4. The molecule has 0 aliphatic rings. The topological polar surface area (TPSA) is 70.2 Å². The SMILES string of the molecule is N#Cc1cc(-c2ccccc2)cc2cc(C(=O)NCc3cccs3)nn12. The summed E-state index contributed by atoms with van der Waals surface area (Å²) in [6, 6.07) is 21.3. The molecule has 0 saturated carbocycles. The summed E-state index contributed by atoms with van der Waals surface area (Å²) < 4.78 is 1.51. The summed E-state index contributed by atoms with van der Waals surface area (Å²) in [5.41, 5.74) is 3.32. The summed E-state index contributed by atoms with van der Waals surface area (Å²) in [6.07, 6.45) is 0. The highest BCUT2D eigenvalue weighted by molar-refractivity contribution is 7.09. The number of aromatic nitrogens is 2. The van der Waals surface area contributed by atoms with Crippen LogP contribution >= 0.6 is 11.3 Å². The summed E-state index contributed by atoms with van der Waals surface area (Å²) >= 11 is 1.59. The van der Waals surface area contributed by atoms with Crippen LogP contribution < -0.4 is 5.32 Å². The van der Waals surface area contributed by atoms with Gasteiger partial charge in [0.2, 0.25) is 0 Å². The number of fused-ring (bicyclic) bond motifs is 1. The second kappa shape index (κ2) is 6.82. The summed E-state index contributed by atoms with van der Waals surface area (Å²) in [6.45, 7) is 0.463. The lowest BCUT2D eigenvalue weighted by Gasteiger charge is -2.04. The third-order valence-corrected chi connectivity index (χ3v) is 4.89. The molecule has 0 aliphatic carbocycles. The van der Waals surface area contributed by atoms with E-state index in [1.165, 1.54) is 4.52 Å². The van der Waals surface area contributed by atoms with Crippen molar-refractivity contribution in [3.8, 4) is 17.2 Å². The Kier molecular flexibility index (Phi) is 4.22. The molecule has 4 aromatic rings. The Morgan fingerprint density at radius 2 is 1.96 bits per heavy atom. The maximum Gasteiger partial charge on any atom is 0.272 e. The molecule has 0 radical (unpaired) electrons. The zero-order valence-corrected chi connectivity index (χ0v) is 14.5. The van der Waals surface area contributed by atoms with Crippen LogP contribution in [-0.2, 0) is 6.54 Å². The Morgan fingerprint density at radius 1 is 1.12 bits per heavy atom. The first-order valence-corrected chi connectivity index (χ1v) is 8.92. The molecule has 0 aliphatic heterocycles. The van der Waals surface area contributed by atoms with Crippen LogP contribution in [-0.4, -0.2) is 15.5 Å². The van der Waals surface area contributed by atoms with Crippen molar-refractivity contribution in [2.75, 3.05) is 0 Å². The van der Waals surface area contributed by atoms with E-state index in [1.807, 2.05) is 53.9 Å². The van der Waals surface area contributed by atoms with E-state index in [0.29, 0.717) is 23.4 Å². The Labute approximate surface area is 154 Å². The van der Waals surface area contributed by atoms with Crippen LogP contribution in [0.15, 0.2) is 66.0 Å². The Balaban J connectivity index is 1.68. The van der Waals surface area contributed by atoms with Crippen LogP contribution in [0.25, 0.3) is 16.6 Å². The minimum Gasteiger partial charge on any atom is -0.346 e. The van der Waals surface area contributed by atoms with E-state index in [1.54, 1.807) is 23.5 Å². The number of thiophene rings is 1. The lowest BCUT2D eigenvalue weighted by atomic mass is 10.1. The molecule has 0 atom stereocenters. The molecule has 6 heteroatoms. The summed E-state index contributed by atoms with van der Waals surface area (Å²) in [5, 5.41) is 18.6. The van der Waals surface area contributed by atoms with E-state index in [4.69, 9.17) is 0 Å². The van der Waals surface area contributed by atoms with E-state index in [9.17, 15) is 10.1 Å². The standard InChI is InChI=1S/C20H14N4OS/c21-12-17-10-15(14-5-2-1-3-6-14)9-16-11-19(23-24(16)17)20(25)22-13-18-7-4-8-26-18/h1-11H,13H2,(H,22,25). The fourth-order valence-corrected chi connectivity index (χ4v) is 3.40. The number of benzene rings is 1. The van der Waals surface area contributed by atoms with Gasteiger partial charge in [-0.3, -0.25) is 4.79 Å². The molecule has 3 heterocycles. The molecule has 0 spiro atoms. The predicted octanol–water partition coefficient (Wildman–Crippen LogP) is 3.86. The first-order valence-electron chi connectivity index (χ1n) is 8.04. The number of nitrogens with one attached hydrogen (secondary N) is 1. The molecule has 1 N–H and O–H groups in total. The molecule has 4 rings (SSSR count). The monoisotopic (exact) mass is 358 g/mol. The number of carbonyl (C=O) groups is 1. The van der Waals surface area contributed by atoms with Crippen LogP contribution in [0.3, 0.4) is 0 Å². The first-order chi connectivity index (χ1) is 12.7. The second-order valence-electron chi connectivity index (χ2n) is 5.74. The molecular formula is C20H14N4OS. The number of nitriles is 1. The van der Waals surface area contributed by atoms with Crippen LogP contribution in [0.1, 0.15) is 21.1 Å². The molecule has 0 saturated heterocycles. The Bertz CT molecular complexity index is 1110. The third-order valence-electron chi connectivity index (χ3n) is 4.02. The largest absolute Gasteiger partial charge is 0.346 e. The average molecular weight is 358 g/mol. The van der Waals surface area contributed by atoms with Crippen molar-refractivity contribution in [3.05, 3.63) is 82.3 Å². The number of amides is 1. The normalized spacial score (nSPS) is 10.6.